The van der Waals surface area contributed by atoms with Crippen LogP contribution in [0.15, 0.2) is 48.7 Å². The first-order valence-electron chi connectivity index (χ1n) is 4.93. The molecule has 2 aromatic carbocycles. The van der Waals surface area contributed by atoms with Crippen molar-refractivity contribution in [2.75, 3.05) is 0 Å². The van der Waals surface area contributed by atoms with Crippen molar-refractivity contribution in [3.8, 4) is 0 Å². The van der Waals surface area contributed by atoms with Gasteiger partial charge in [-0.25, -0.2) is 0 Å². The van der Waals surface area contributed by atoms with Crippen LogP contribution in [0.2, 0.25) is 0 Å². The molecule has 0 saturated heterocycles. The lowest BCUT2D eigenvalue weighted by Gasteiger charge is -2.04. The first-order chi connectivity index (χ1) is 7.20. The van der Waals surface area contributed by atoms with Gasteiger partial charge in [0.05, 0.1) is 10.2 Å². The highest BCUT2D eigenvalue weighted by atomic mass is 28.1. The number of hydrogen-bond acceptors (Lipinski definition) is 0. The summed E-state index contributed by atoms with van der Waals surface area (Å²) in [5.41, 5.74) is 4.32. The molecule has 0 amide bonds. The summed E-state index contributed by atoms with van der Waals surface area (Å²) in [6, 6.07) is 12.9. The van der Waals surface area contributed by atoms with Gasteiger partial charge < -0.3 is 0 Å². The third-order valence-electron chi connectivity index (χ3n) is 2.47. The van der Waals surface area contributed by atoms with Crippen LogP contribution in [0.1, 0.15) is 11.1 Å². The van der Waals surface area contributed by atoms with Crippen LogP contribution in [0.5, 0.6) is 0 Å². The molecule has 0 aliphatic carbocycles. The van der Waals surface area contributed by atoms with E-state index in [1.54, 1.807) is 5.70 Å². The van der Waals surface area contributed by atoms with Gasteiger partial charge in [0, 0.05) is 0 Å². The lowest BCUT2D eigenvalue weighted by atomic mass is 10.0. The standard InChI is InChI=1S/C12H12.C2H3Si/c1-9-7-8-11-5-3-4-6-12(11)10(9)2;1-2-3/h3-8H,1-2H3;2H,1H2. The quantitative estimate of drug-likeness (QED) is 0.582. The van der Waals surface area contributed by atoms with E-state index in [0.717, 1.165) is 0 Å². The summed E-state index contributed by atoms with van der Waals surface area (Å²) in [6.45, 7) is 7.61. The van der Waals surface area contributed by atoms with Crippen molar-refractivity contribution in [3.63, 3.8) is 0 Å². The predicted octanol–water partition coefficient (Wildman–Crippen LogP) is 3.76. The molecule has 0 aliphatic heterocycles. The van der Waals surface area contributed by atoms with E-state index >= 15 is 0 Å². The molecule has 0 spiro atoms. The van der Waals surface area contributed by atoms with Gasteiger partial charge in [-0.2, -0.15) is 0 Å². The highest BCUT2D eigenvalue weighted by molar-refractivity contribution is 6.16. The van der Waals surface area contributed by atoms with Crippen molar-refractivity contribution in [3.05, 3.63) is 59.8 Å². The topological polar surface area (TPSA) is 0 Å². The molecule has 0 N–H and O–H groups in total. The molecule has 1 heteroatoms. The molecule has 0 aromatic heterocycles. The van der Waals surface area contributed by atoms with Gasteiger partial charge in [-0.1, -0.05) is 36.4 Å². The molecule has 0 fully saturated rings. The molecule has 0 unspecified atom stereocenters. The smallest absolute Gasteiger partial charge is 0.0592 e. The number of benzene rings is 2. The van der Waals surface area contributed by atoms with Gasteiger partial charge in [0.25, 0.3) is 0 Å². The van der Waals surface area contributed by atoms with E-state index in [2.05, 4.69) is 67.1 Å². The molecule has 2 aromatic rings. The van der Waals surface area contributed by atoms with E-state index in [1.165, 1.54) is 21.9 Å². The van der Waals surface area contributed by atoms with Gasteiger partial charge in [0.1, 0.15) is 0 Å². The molecule has 0 heterocycles. The summed E-state index contributed by atoms with van der Waals surface area (Å²) in [7, 11) is 2.95. The molecule has 0 atom stereocenters. The number of rotatable bonds is 0. The fraction of sp³-hybridized carbons (Fsp3) is 0.143. The van der Waals surface area contributed by atoms with Crippen LogP contribution < -0.4 is 0 Å². The lowest BCUT2D eigenvalue weighted by molar-refractivity contribution is 1.38. The minimum Gasteiger partial charge on any atom is -0.109 e. The fourth-order valence-electron chi connectivity index (χ4n) is 1.54. The predicted molar refractivity (Wildman–Crippen MR) is 69.4 cm³/mol. The second kappa shape index (κ2) is 5.52. The van der Waals surface area contributed by atoms with E-state index in [9.17, 15) is 0 Å². The van der Waals surface area contributed by atoms with Crippen LogP contribution in [0.4, 0.5) is 0 Å². The zero-order valence-electron chi connectivity index (χ0n) is 9.25. The SMILES string of the molecule is C=C[Si].Cc1ccc2ccccc2c1C. The number of aryl methyl sites for hydroxylation is 2. The highest BCUT2D eigenvalue weighted by Gasteiger charge is 1.97. The van der Waals surface area contributed by atoms with Crippen LogP contribution in [0, 0.1) is 13.8 Å². The summed E-state index contributed by atoms with van der Waals surface area (Å²) < 4.78 is 0. The Morgan fingerprint density at radius 1 is 1.07 bits per heavy atom. The van der Waals surface area contributed by atoms with E-state index < -0.39 is 0 Å². The molecule has 0 bridgehead atoms. The molecule has 3 radical (unpaired) electrons. The van der Waals surface area contributed by atoms with Gasteiger partial charge >= 0.3 is 0 Å². The molecular weight excluding hydrogens is 196 g/mol. The van der Waals surface area contributed by atoms with Gasteiger partial charge in [-0.15, -0.1) is 12.3 Å². The van der Waals surface area contributed by atoms with Crippen LogP contribution in [-0.2, 0) is 0 Å². The normalized spacial score (nSPS) is 9.27. The molecular formula is C14H15Si. The first kappa shape index (κ1) is 11.7. The molecule has 0 aliphatic rings. The summed E-state index contributed by atoms with van der Waals surface area (Å²) in [4.78, 5) is 0. The van der Waals surface area contributed by atoms with E-state index in [4.69, 9.17) is 0 Å². The maximum atomic E-state index is 3.27. The maximum absolute atomic E-state index is 3.27. The van der Waals surface area contributed by atoms with Crippen molar-refractivity contribution in [1.82, 2.24) is 0 Å². The van der Waals surface area contributed by atoms with Crippen LogP contribution in [-0.4, -0.2) is 10.2 Å². The Hall–Kier alpha value is -1.34. The highest BCUT2D eigenvalue weighted by Crippen LogP contribution is 2.20. The van der Waals surface area contributed by atoms with E-state index in [1.807, 2.05) is 0 Å². The largest absolute Gasteiger partial charge is 0.109 e. The van der Waals surface area contributed by atoms with Crippen molar-refractivity contribution < 1.29 is 0 Å². The zero-order valence-corrected chi connectivity index (χ0v) is 10.2. The fourth-order valence-corrected chi connectivity index (χ4v) is 1.54. The first-order valence-corrected chi connectivity index (χ1v) is 5.51. The second-order valence-electron chi connectivity index (χ2n) is 3.43. The Morgan fingerprint density at radius 2 is 1.67 bits per heavy atom. The monoisotopic (exact) mass is 211 g/mol. The summed E-state index contributed by atoms with van der Waals surface area (Å²) >= 11 is 0. The van der Waals surface area contributed by atoms with E-state index in [0.29, 0.717) is 0 Å². The number of fused-ring (bicyclic) bond motifs is 1. The second-order valence-corrected chi connectivity index (χ2v) is 3.84. The zero-order chi connectivity index (χ0) is 11.3. The summed E-state index contributed by atoms with van der Waals surface area (Å²) in [5.74, 6) is 0. The van der Waals surface area contributed by atoms with Gasteiger partial charge in [-0.3, -0.25) is 0 Å². The Bertz CT molecular complexity index is 458. The Kier molecular flexibility index (Phi) is 4.31. The third kappa shape index (κ3) is 2.80. The average molecular weight is 211 g/mol. The summed E-state index contributed by atoms with van der Waals surface area (Å²) in [6.07, 6.45) is 0. The van der Waals surface area contributed by atoms with Crippen molar-refractivity contribution >= 4 is 21.0 Å². The molecule has 0 nitrogen and oxygen atoms in total. The van der Waals surface area contributed by atoms with Crippen molar-refractivity contribution in [2.24, 2.45) is 0 Å². The third-order valence-corrected chi connectivity index (χ3v) is 2.47. The summed E-state index contributed by atoms with van der Waals surface area (Å²) in [5, 5.41) is 2.71. The number of hydrogen-bond donors (Lipinski definition) is 0. The molecule has 0 saturated carbocycles. The van der Waals surface area contributed by atoms with Crippen molar-refractivity contribution in [1.29, 1.82) is 0 Å². The Balaban J connectivity index is 0.000000337. The molecule has 2 rings (SSSR count). The van der Waals surface area contributed by atoms with Crippen LogP contribution in [0.3, 0.4) is 0 Å². The minimum absolute atomic E-state index is 1.33. The Morgan fingerprint density at radius 3 is 2.33 bits per heavy atom. The molecule has 15 heavy (non-hydrogen) atoms. The Labute approximate surface area is 95.1 Å². The molecule has 75 valence electrons. The van der Waals surface area contributed by atoms with Crippen LogP contribution >= 0.6 is 0 Å². The maximum Gasteiger partial charge on any atom is 0.0592 e. The lowest BCUT2D eigenvalue weighted by Crippen LogP contribution is -1.82. The average Bonchev–Trinajstić information content (AvgIpc) is 2.25. The van der Waals surface area contributed by atoms with Gasteiger partial charge in [0.2, 0.25) is 0 Å². The van der Waals surface area contributed by atoms with Crippen molar-refractivity contribution in [2.45, 2.75) is 13.8 Å². The van der Waals surface area contributed by atoms with Gasteiger partial charge in [-0.05, 0) is 35.7 Å². The van der Waals surface area contributed by atoms with Gasteiger partial charge in [0.15, 0.2) is 0 Å². The minimum atomic E-state index is 1.33. The van der Waals surface area contributed by atoms with E-state index in [-0.39, 0.29) is 0 Å². The van der Waals surface area contributed by atoms with Crippen LogP contribution in [0.25, 0.3) is 10.8 Å².